The van der Waals surface area contributed by atoms with E-state index in [1.54, 1.807) is 0 Å². The number of hydrogen-bond donors (Lipinski definition) is 0. The van der Waals surface area contributed by atoms with E-state index in [2.05, 4.69) is 37.3 Å². The molecule has 0 N–H and O–H groups in total. The average Bonchev–Trinajstić information content (AvgIpc) is 2.57. The van der Waals surface area contributed by atoms with E-state index in [-0.39, 0.29) is 29.1 Å². The van der Waals surface area contributed by atoms with Crippen LogP contribution in [-0.2, 0) is 26.2 Å². The first-order valence-electron chi connectivity index (χ1n) is 3.85. The van der Waals surface area contributed by atoms with Gasteiger partial charge in [-0.05, 0) is 0 Å². The van der Waals surface area contributed by atoms with Gasteiger partial charge in [-0.15, -0.1) is 12.8 Å². The first kappa shape index (κ1) is 11.8. The van der Waals surface area contributed by atoms with Crippen molar-refractivity contribution in [2.45, 2.75) is 19.8 Å². The summed E-state index contributed by atoms with van der Waals surface area (Å²) >= 11 is 0. The molecule has 0 unspecified atom stereocenters. The monoisotopic (exact) mass is 236 g/mol. The predicted octanol–water partition coefficient (Wildman–Crippen LogP) is 3.22. The Labute approximate surface area is 96.8 Å². The second-order valence-electron chi connectivity index (χ2n) is 2.47. The molecule has 0 aromatic carbocycles. The maximum Gasteiger partial charge on any atom is 2.00 e. The van der Waals surface area contributed by atoms with E-state index in [0.29, 0.717) is 0 Å². The van der Waals surface area contributed by atoms with Crippen molar-refractivity contribution in [2.75, 3.05) is 0 Å². The number of allylic oxidation sites excluding steroid dienone is 8. The SMILES string of the molecule is CC1=[C-]CC=C1.[C-]1=CC=CC1.[H-].[H-].[Zr+2]. The summed E-state index contributed by atoms with van der Waals surface area (Å²) in [5.41, 5.74) is 1.27. The van der Waals surface area contributed by atoms with Gasteiger partial charge in [-0.25, -0.2) is 23.8 Å². The molecule has 0 saturated heterocycles. The van der Waals surface area contributed by atoms with Crippen molar-refractivity contribution >= 4 is 0 Å². The fourth-order valence-electron chi connectivity index (χ4n) is 0.855. The van der Waals surface area contributed by atoms with Gasteiger partial charge < -0.3 is 2.85 Å². The minimum absolute atomic E-state index is 0. The maximum absolute atomic E-state index is 3.12. The summed E-state index contributed by atoms with van der Waals surface area (Å²) in [4.78, 5) is 0. The van der Waals surface area contributed by atoms with Crippen molar-refractivity contribution in [2.24, 2.45) is 0 Å². The van der Waals surface area contributed by atoms with Crippen LogP contribution in [0.3, 0.4) is 0 Å². The predicted molar refractivity (Wildman–Crippen MR) is 50.0 cm³/mol. The van der Waals surface area contributed by atoms with E-state index >= 15 is 0 Å². The molecule has 12 heavy (non-hydrogen) atoms. The molecule has 0 saturated carbocycles. The molecule has 0 amide bonds. The van der Waals surface area contributed by atoms with Crippen LogP contribution >= 0.6 is 0 Å². The Morgan fingerprint density at radius 3 is 2.33 bits per heavy atom. The van der Waals surface area contributed by atoms with Gasteiger partial charge in [0.15, 0.2) is 0 Å². The quantitative estimate of drug-likeness (QED) is 0.568. The Bertz CT molecular complexity index is 215. The van der Waals surface area contributed by atoms with Crippen molar-refractivity contribution in [3.05, 3.63) is 48.1 Å². The minimum Gasteiger partial charge on any atom is -1.00 e. The van der Waals surface area contributed by atoms with Gasteiger partial charge in [0.05, 0.1) is 0 Å². The van der Waals surface area contributed by atoms with Crippen LogP contribution in [0.15, 0.2) is 36.0 Å². The van der Waals surface area contributed by atoms with Crippen molar-refractivity contribution < 1.29 is 29.1 Å². The standard InChI is InChI=1S/C6H7.C5H5.Zr.2H/c1-6-4-2-3-5-6;1-2-4-5-3-1;;;/h2,4H,3H2,1H3;1-3H,4H2;;;/q2*-1;+2;2*-1. The Kier molecular flexibility index (Phi) is 7.39. The van der Waals surface area contributed by atoms with Gasteiger partial charge in [-0.3, -0.25) is 12.2 Å². The molecular formula is C11H14Zr-2. The molecule has 0 aromatic rings. The normalized spacial score (nSPS) is 16.6. The molecule has 0 radical (unpaired) electrons. The van der Waals surface area contributed by atoms with Gasteiger partial charge in [0.25, 0.3) is 0 Å². The molecule has 0 fully saturated rings. The smallest absolute Gasteiger partial charge is 1.00 e. The molecule has 2 aliphatic rings. The fourth-order valence-corrected chi connectivity index (χ4v) is 0.855. The van der Waals surface area contributed by atoms with Gasteiger partial charge in [0.1, 0.15) is 0 Å². The molecular weight excluding hydrogens is 223 g/mol. The van der Waals surface area contributed by atoms with Gasteiger partial charge in [0.2, 0.25) is 0 Å². The number of hydrogen-bond acceptors (Lipinski definition) is 0. The van der Waals surface area contributed by atoms with E-state index in [4.69, 9.17) is 0 Å². The van der Waals surface area contributed by atoms with Crippen LogP contribution in [0.2, 0.25) is 0 Å². The van der Waals surface area contributed by atoms with Crippen LogP contribution in [0.25, 0.3) is 0 Å². The Hall–Kier alpha value is -0.157. The Morgan fingerprint density at radius 1 is 1.33 bits per heavy atom. The van der Waals surface area contributed by atoms with Crippen LogP contribution < -0.4 is 0 Å². The van der Waals surface area contributed by atoms with E-state index in [9.17, 15) is 0 Å². The molecule has 0 heterocycles. The van der Waals surface area contributed by atoms with Crippen LogP contribution in [0, 0.1) is 12.2 Å². The molecule has 2 rings (SSSR count). The zero-order valence-corrected chi connectivity index (χ0v) is 9.76. The van der Waals surface area contributed by atoms with E-state index < -0.39 is 0 Å². The summed E-state index contributed by atoms with van der Waals surface area (Å²) in [6, 6.07) is 0. The second kappa shape index (κ2) is 7.49. The second-order valence-corrected chi connectivity index (χ2v) is 2.47. The summed E-state index contributed by atoms with van der Waals surface area (Å²) in [5.74, 6) is 0. The molecule has 0 atom stereocenters. The Balaban J connectivity index is -0.000000144. The summed E-state index contributed by atoms with van der Waals surface area (Å²) < 4.78 is 0. The third-order valence-electron chi connectivity index (χ3n) is 1.45. The average molecular weight is 237 g/mol. The molecule has 0 bridgehead atoms. The third-order valence-corrected chi connectivity index (χ3v) is 1.45. The van der Waals surface area contributed by atoms with Gasteiger partial charge in [-0.2, -0.15) is 12.2 Å². The maximum atomic E-state index is 3.12. The van der Waals surface area contributed by atoms with Crippen LogP contribution in [0.1, 0.15) is 22.6 Å². The van der Waals surface area contributed by atoms with Crippen LogP contribution in [-0.4, -0.2) is 0 Å². The van der Waals surface area contributed by atoms with E-state index in [1.165, 1.54) is 5.57 Å². The molecule has 0 aliphatic heterocycles. The summed E-state index contributed by atoms with van der Waals surface area (Å²) in [6.07, 6.45) is 18.3. The molecule has 0 aromatic heterocycles. The largest absolute Gasteiger partial charge is 2.00 e. The van der Waals surface area contributed by atoms with Crippen molar-refractivity contribution in [1.82, 2.24) is 0 Å². The van der Waals surface area contributed by atoms with Gasteiger partial charge in [0, 0.05) is 0 Å². The van der Waals surface area contributed by atoms with Crippen LogP contribution in [0.4, 0.5) is 0 Å². The molecule has 0 nitrogen and oxygen atoms in total. The molecule has 1 heteroatoms. The summed E-state index contributed by atoms with van der Waals surface area (Å²) in [5, 5.41) is 0. The van der Waals surface area contributed by atoms with Crippen LogP contribution in [0.5, 0.6) is 0 Å². The zero-order chi connectivity index (χ0) is 7.94. The van der Waals surface area contributed by atoms with Gasteiger partial charge >= 0.3 is 26.2 Å². The fraction of sp³-hybridized carbons (Fsp3) is 0.273. The zero-order valence-electron chi connectivity index (χ0n) is 9.30. The summed E-state index contributed by atoms with van der Waals surface area (Å²) in [7, 11) is 0. The molecule has 2 aliphatic carbocycles. The van der Waals surface area contributed by atoms with Crippen molar-refractivity contribution in [1.29, 1.82) is 0 Å². The number of rotatable bonds is 0. The topological polar surface area (TPSA) is 0 Å². The van der Waals surface area contributed by atoms with Gasteiger partial charge in [-0.1, -0.05) is 6.92 Å². The first-order chi connectivity index (χ1) is 5.39. The third kappa shape index (κ3) is 5.49. The Morgan fingerprint density at radius 2 is 2.17 bits per heavy atom. The minimum atomic E-state index is 0. The van der Waals surface area contributed by atoms with E-state index in [0.717, 1.165) is 12.8 Å². The van der Waals surface area contributed by atoms with Crippen molar-refractivity contribution in [3.8, 4) is 0 Å². The summed E-state index contributed by atoms with van der Waals surface area (Å²) in [6.45, 7) is 2.06. The van der Waals surface area contributed by atoms with E-state index in [1.807, 2.05) is 12.2 Å². The molecule has 0 spiro atoms. The van der Waals surface area contributed by atoms with Crippen molar-refractivity contribution in [3.63, 3.8) is 0 Å². The molecule has 64 valence electrons. The first-order valence-corrected chi connectivity index (χ1v) is 3.85.